The van der Waals surface area contributed by atoms with Gasteiger partial charge in [0.1, 0.15) is 23.4 Å². The molecule has 160 valence electrons. The highest BCUT2D eigenvalue weighted by Gasteiger charge is 2.25. The fourth-order valence-corrected chi connectivity index (χ4v) is 4.33. The van der Waals surface area contributed by atoms with E-state index in [9.17, 15) is 4.39 Å². The average molecular weight is 426 g/mol. The van der Waals surface area contributed by atoms with Gasteiger partial charge in [0.2, 0.25) is 0 Å². The van der Waals surface area contributed by atoms with E-state index in [-0.39, 0.29) is 5.82 Å². The third-order valence-electron chi connectivity index (χ3n) is 5.76. The number of benzene rings is 2. The number of fused-ring (bicyclic) bond motifs is 1. The first-order valence-electron chi connectivity index (χ1n) is 10.6. The average Bonchev–Trinajstić information content (AvgIpc) is 3.34. The minimum absolute atomic E-state index is 0.345. The first-order chi connectivity index (χ1) is 15.6. The standard InChI is InChI=1S/C25H23FN6/c1-4-31-24(16(2)29-30-31)19-12-13-21-22(15-19)32(17(3)28-21)25(18-9-6-5-7-10-18)23-20(26)11-8-14-27-23/h5-15,25H,4H2,1-3H3/t25-/m0/s1. The van der Waals surface area contributed by atoms with Gasteiger partial charge in [0, 0.05) is 18.3 Å². The molecule has 0 radical (unpaired) electrons. The Morgan fingerprint density at radius 2 is 1.81 bits per heavy atom. The summed E-state index contributed by atoms with van der Waals surface area (Å²) in [6.45, 7) is 6.66. The molecule has 0 saturated carbocycles. The van der Waals surface area contributed by atoms with Crippen LogP contribution in [-0.2, 0) is 6.54 Å². The third-order valence-corrected chi connectivity index (χ3v) is 5.76. The van der Waals surface area contributed by atoms with Crippen LogP contribution in [0.2, 0.25) is 0 Å². The number of pyridine rings is 1. The Bertz CT molecular complexity index is 1400. The Balaban J connectivity index is 1.78. The SMILES string of the molecule is CCn1nnc(C)c1-c1ccc2nc(C)n([C@@H](c3ccccc3)c3ncccc3F)c2c1. The minimum atomic E-state index is -0.451. The molecule has 0 saturated heterocycles. The Morgan fingerprint density at radius 1 is 1.00 bits per heavy atom. The fraction of sp³-hybridized carbons (Fsp3) is 0.200. The van der Waals surface area contributed by atoms with Crippen molar-refractivity contribution in [2.24, 2.45) is 0 Å². The molecular weight excluding hydrogens is 403 g/mol. The molecule has 2 aromatic carbocycles. The summed E-state index contributed by atoms with van der Waals surface area (Å²) in [7, 11) is 0. The van der Waals surface area contributed by atoms with Gasteiger partial charge < -0.3 is 4.57 Å². The molecule has 0 fully saturated rings. The molecule has 0 spiro atoms. The maximum absolute atomic E-state index is 15.0. The molecule has 3 aromatic heterocycles. The summed E-state index contributed by atoms with van der Waals surface area (Å²) >= 11 is 0. The van der Waals surface area contributed by atoms with E-state index in [2.05, 4.69) is 25.9 Å². The second kappa shape index (κ2) is 8.00. The van der Waals surface area contributed by atoms with Gasteiger partial charge in [-0.2, -0.15) is 0 Å². The van der Waals surface area contributed by atoms with Crippen LogP contribution in [0.15, 0.2) is 66.9 Å². The van der Waals surface area contributed by atoms with Crippen LogP contribution in [0.25, 0.3) is 22.3 Å². The van der Waals surface area contributed by atoms with Crippen molar-refractivity contribution in [3.8, 4) is 11.3 Å². The number of aryl methyl sites for hydroxylation is 3. The molecule has 0 bridgehead atoms. The van der Waals surface area contributed by atoms with Crippen LogP contribution < -0.4 is 0 Å². The summed E-state index contributed by atoms with van der Waals surface area (Å²) in [5, 5.41) is 8.49. The highest BCUT2D eigenvalue weighted by atomic mass is 19.1. The van der Waals surface area contributed by atoms with Crippen molar-refractivity contribution in [2.75, 3.05) is 0 Å². The summed E-state index contributed by atoms with van der Waals surface area (Å²) in [4.78, 5) is 9.20. The number of halogens is 1. The van der Waals surface area contributed by atoms with Crippen molar-refractivity contribution in [2.45, 2.75) is 33.4 Å². The molecule has 0 unspecified atom stereocenters. The second-order valence-corrected chi connectivity index (χ2v) is 7.76. The van der Waals surface area contributed by atoms with E-state index in [4.69, 9.17) is 4.98 Å². The lowest BCUT2D eigenvalue weighted by Gasteiger charge is -2.22. The zero-order valence-electron chi connectivity index (χ0n) is 18.2. The number of hydrogen-bond donors (Lipinski definition) is 0. The van der Waals surface area contributed by atoms with Gasteiger partial charge in [-0.3, -0.25) is 4.98 Å². The van der Waals surface area contributed by atoms with Crippen molar-refractivity contribution >= 4 is 11.0 Å². The first kappa shape index (κ1) is 20.1. The van der Waals surface area contributed by atoms with Crippen molar-refractivity contribution in [1.82, 2.24) is 29.5 Å². The Hall–Kier alpha value is -3.87. The molecular formula is C25H23FN6. The van der Waals surface area contributed by atoms with Gasteiger partial charge in [-0.25, -0.2) is 14.1 Å². The van der Waals surface area contributed by atoms with E-state index >= 15 is 0 Å². The maximum Gasteiger partial charge on any atom is 0.147 e. The highest BCUT2D eigenvalue weighted by molar-refractivity contribution is 5.83. The quantitative estimate of drug-likeness (QED) is 0.392. The smallest absolute Gasteiger partial charge is 0.147 e. The predicted octanol–water partition coefficient (Wildman–Crippen LogP) is 5.10. The van der Waals surface area contributed by atoms with Gasteiger partial charge in [-0.1, -0.05) is 41.6 Å². The van der Waals surface area contributed by atoms with Gasteiger partial charge in [0.25, 0.3) is 0 Å². The van der Waals surface area contributed by atoms with Crippen molar-refractivity contribution in [1.29, 1.82) is 0 Å². The zero-order chi connectivity index (χ0) is 22.2. The number of aromatic nitrogens is 6. The van der Waals surface area contributed by atoms with Gasteiger partial charge in [0.05, 0.1) is 22.4 Å². The van der Waals surface area contributed by atoms with Crippen molar-refractivity contribution in [3.05, 3.63) is 95.5 Å². The number of hydrogen-bond acceptors (Lipinski definition) is 4. The zero-order valence-corrected chi connectivity index (χ0v) is 18.2. The summed E-state index contributed by atoms with van der Waals surface area (Å²) in [6, 6.07) is 18.6. The molecule has 0 aliphatic carbocycles. The molecule has 5 aromatic rings. The highest BCUT2D eigenvalue weighted by Crippen LogP contribution is 2.34. The molecule has 5 rings (SSSR count). The van der Waals surface area contributed by atoms with Gasteiger partial charge in [-0.15, -0.1) is 5.10 Å². The van der Waals surface area contributed by atoms with Crippen molar-refractivity contribution < 1.29 is 4.39 Å². The van der Waals surface area contributed by atoms with E-state index in [0.717, 1.165) is 45.9 Å². The lowest BCUT2D eigenvalue weighted by atomic mass is 10.0. The Morgan fingerprint density at radius 3 is 2.56 bits per heavy atom. The molecule has 3 heterocycles. The van der Waals surface area contributed by atoms with E-state index in [1.54, 1.807) is 12.3 Å². The van der Waals surface area contributed by atoms with Crippen LogP contribution in [-0.4, -0.2) is 29.5 Å². The van der Waals surface area contributed by atoms with Crippen LogP contribution in [0.4, 0.5) is 4.39 Å². The molecule has 0 N–H and O–H groups in total. The number of rotatable bonds is 5. The predicted molar refractivity (Wildman–Crippen MR) is 122 cm³/mol. The molecule has 7 heteroatoms. The molecule has 1 atom stereocenters. The summed E-state index contributed by atoms with van der Waals surface area (Å²) in [5.41, 5.74) is 5.89. The summed E-state index contributed by atoms with van der Waals surface area (Å²) in [5.74, 6) is 0.442. The van der Waals surface area contributed by atoms with Gasteiger partial charge in [-0.05, 0) is 50.6 Å². The third kappa shape index (κ3) is 3.26. The second-order valence-electron chi connectivity index (χ2n) is 7.76. The number of nitrogens with zero attached hydrogens (tertiary/aromatic N) is 6. The monoisotopic (exact) mass is 426 g/mol. The van der Waals surface area contributed by atoms with Gasteiger partial charge >= 0.3 is 0 Å². The van der Waals surface area contributed by atoms with E-state index in [1.165, 1.54) is 6.07 Å². The summed E-state index contributed by atoms with van der Waals surface area (Å²) in [6.07, 6.45) is 1.63. The lowest BCUT2D eigenvalue weighted by molar-refractivity contribution is 0.556. The molecule has 0 aliphatic heterocycles. The van der Waals surface area contributed by atoms with Crippen LogP contribution in [0.1, 0.15) is 35.7 Å². The van der Waals surface area contributed by atoms with Crippen molar-refractivity contribution in [3.63, 3.8) is 0 Å². The fourth-order valence-electron chi connectivity index (χ4n) is 4.33. The number of imidazole rings is 1. The van der Waals surface area contributed by atoms with Crippen LogP contribution in [0.3, 0.4) is 0 Å². The molecule has 0 amide bonds. The first-order valence-corrected chi connectivity index (χ1v) is 10.6. The van der Waals surface area contributed by atoms with Gasteiger partial charge in [0.15, 0.2) is 0 Å². The summed E-state index contributed by atoms with van der Waals surface area (Å²) < 4.78 is 18.9. The normalized spacial score (nSPS) is 12.4. The molecule has 32 heavy (non-hydrogen) atoms. The lowest BCUT2D eigenvalue weighted by Crippen LogP contribution is -2.17. The topological polar surface area (TPSA) is 61.4 Å². The largest absolute Gasteiger partial charge is 0.315 e. The molecule has 6 nitrogen and oxygen atoms in total. The maximum atomic E-state index is 15.0. The Labute approximate surface area is 185 Å². The van der Waals surface area contributed by atoms with E-state index in [1.807, 2.05) is 67.9 Å². The van der Waals surface area contributed by atoms with E-state index in [0.29, 0.717) is 5.69 Å². The Kier molecular flexibility index (Phi) is 5.01. The minimum Gasteiger partial charge on any atom is -0.315 e. The van der Waals surface area contributed by atoms with Crippen LogP contribution in [0.5, 0.6) is 0 Å². The van der Waals surface area contributed by atoms with Crippen LogP contribution in [0, 0.1) is 19.7 Å². The van der Waals surface area contributed by atoms with E-state index < -0.39 is 6.04 Å². The van der Waals surface area contributed by atoms with Crippen LogP contribution >= 0.6 is 0 Å². The molecule has 0 aliphatic rings.